The molecule has 1 aromatic rings. The third-order valence-electron chi connectivity index (χ3n) is 3.09. The average molecular weight is 315 g/mol. The summed E-state index contributed by atoms with van der Waals surface area (Å²) in [6.07, 6.45) is 2.70. The van der Waals surface area contributed by atoms with Gasteiger partial charge in [-0.15, -0.1) is 0 Å². The molecule has 0 bridgehead atoms. The summed E-state index contributed by atoms with van der Waals surface area (Å²) >= 11 is 2.47. The van der Waals surface area contributed by atoms with Crippen LogP contribution in [0, 0.1) is 3.57 Å². The van der Waals surface area contributed by atoms with Crippen LogP contribution in [-0.2, 0) is 0 Å². The summed E-state index contributed by atoms with van der Waals surface area (Å²) in [6, 6.07) is 6.90. The zero-order valence-corrected chi connectivity index (χ0v) is 11.6. The van der Waals surface area contributed by atoms with Gasteiger partial charge in [0.2, 0.25) is 0 Å². The van der Waals surface area contributed by atoms with E-state index in [1.165, 1.54) is 40.8 Å². The summed E-state index contributed by atoms with van der Waals surface area (Å²) in [7, 11) is 0. The number of hydrogen-bond donors (Lipinski definition) is 0. The van der Waals surface area contributed by atoms with Gasteiger partial charge in [-0.1, -0.05) is 19.9 Å². The first kappa shape index (κ1) is 11.2. The standard InChI is InChI=1S/C13H18IN/c1-10(2)11-5-6-13(12(14)9-11)15-7-3-4-8-15/h5-6,9-10H,3-4,7-8H2,1-2H3. The minimum atomic E-state index is 0.631. The summed E-state index contributed by atoms with van der Waals surface area (Å²) in [6.45, 7) is 6.97. The number of anilines is 1. The molecule has 0 atom stereocenters. The molecule has 2 rings (SSSR count). The molecule has 0 amide bonds. The molecule has 0 aliphatic carbocycles. The van der Waals surface area contributed by atoms with E-state index in [0.717, 1.165) is 0 Å². The first-order chi connectivity index (χ1) is 7.18. The van der Waals surface area contributed by atoms with Crippen molar-refractivity contribution in [1.29, 1.82) is 0 Å². The van der Waals surface area contributed by atoms with Crippen LogP contribution in [0.1, 0.15) is 38.2 Å². The number of rotatable bonds is 2. The lowest BCUT2D eigenvalue weighted by Gasteiger charge is -2.20. The lowest BCUT2D eigenvalue weighted by molar-refractivity contribution is 0.863. The second-order valence-corrected chi connectivity index (χ2v) is 5.72. The minimum absolute atomic E-state index is 0.631. The lowest BCUT2D eigenvalue weighted by atomic mass is 10.0. The van der Waals surface area contributed by atoms with Gasteiger partial charge < -0.3 is 4.90 Å². The van der Waals surface area contributed by atoms with Crippen LogP contribution in [0.3, 0.4) is 0 Å². The molecule has 82 valence electrons. The van der Waals surface area contributed by atoms with Crippen LogP contribution in [-0.4, -0.2) is 13.1 Å². The second kappa shape index (κ2) is 4.73. The van der Waals surface area contributed by atoms with Crippen molar-refractivity contribution in [3.05, 3.63) is 27.3 Å². The largest absolute Gasteiger partial charge is 0.371 e. The fourth-order valence-electron chi connectivity index (χ4n) is 2.10. The van der Waals surface area contributed by atoms with Crippen LogP contribution >= 0.6 is 22.6 Å². The maximum Gasteiger partial charge on any atom is 0.0502 e. The number of nitrogens with zero attached hydrogens (tertiary/aromatic N) is 1. The summed E-state index contributed by atoms with van der Waals surface area (Å²) in [5.41, 5.74) is 2.87. The highest BCUT2D eigenvalue weighted by molar-refractivity contribution is 14.1. The van der Waals surface area contributed by atoms with E-state index in [9.17, 15) is 0 Å². The Morgan fingerprint density at radius 3 is 2.40 bits per heavy atom. The molecule has 1 fully saturated rings. The van der Waals surface area contributed by atoms with Crippen LogP contribution in [0.15, 0.2) is 18.2 Å². The molecule has 15 heavy (non-hydrogen) atoms. The van der Waals surface area contributed by atoms with Crippen LogP contribution < -0.4 is 4.90 Å². The van der Waals surface area contributed by atoms with Gasteiger partial charge in [0.1, 0.15) is 0 Å². The van der Waals surface area contributed by atoms with E-state index in [-0.39, 0.29) is 0 Å². The van der Waals surface area contributed by atoms with Crippen molar-refractivity contribution in [2.24, 2.45) is 0 Å². The summed E-state index contributed by atoms with van der Waals surface area (Å²) < 4.78 is 1.40. The molecule has 1 aromatic carbocycles. The van der Waals surface area contributed by atoms with Gasteiger partial charge in [-0.05, 0) is 59.0 Å². The fourth-order valence-corrected chi connectivity index (χ4v) is 2.98. The van der Waals surface area contributed by atoms with E-state index < -0.39 is 0 Å². The maximum atomic E-state index is 2.51. The molecule has 0 spiro atoms. The van der Waals surface area contributed by atoms with Crippen LogP contribution in [0.5, 0.6) is 0 Å². The molecule has 0 aromatic heterocycles. The first-order valence-corrected chi connectivity index (χ1v) is 6.81. The number of hydrogen-bond acceptors (Lipinski definition) is 1. The van der Waals surface area contributed by atoms with E-state index in [2.05, 4.69) is 59.5 Å². The van der Waals surface area contributed by atoms with Gasteiger partial charge >= 0.3 is 0 Å². The van der Waals surface area contributed by atoms with Crippen LogP contribution in [0.4, 0.5) is 5.69 Å². The SMILES string of the molecule is CC(C)c1ccc(N2CCCC2)c(I)c1. The molecule has 0 radical (unpaired) electrons. The lowest BCUT2D eigenvalue weighted by Crippen LogP contribution is -2.18. The maximum absolute atomic E-state index is 2.51. The molecular formula is C13H18IN. The Balaban J connectivity index is 2.25. The highest BCUT2D eigenvalue weighted by atomic mass is 127. The van der Waals surface area contributed by atoms with Gasteiger partial charge in [-0.2, -0.15) is 0 Å². The van der Waals surface area contributed by atoms with Crippen molar-refractivity contribution in [3.63, 3.8) is 0 Å². The Bertz CT molecular complexity index is 340. The second-order valence-electron chi connectivity index (χ2n) is 4.56. The summed E-state index contributed by atoms with van der Waals surface area (Å²) in [5, 5.41) is 0. The highest BCUT2D eigenvalue weighted by Crippen LogP contribution is 2.28. The molecule has 0 saturated carbocycles. The van der Waals surface area contributed by atoms with Gasteiger partial charge in [0.15, 0.2) is 0 Å². The van der Waals surface area contributed by atoms with E-state index in [1.54, 1.807) is 0 Å². The quantitative estimate of drug-likeness (QED) is 0.745. The topological polar surface area (TPSA) is 3.24 Å². The molecule has 1 aliphatic rings. The van der Waals surface area contributed by atoms with Gasteiger partial charge in [0.05, 0.1) is 5.69 Å². The smallest absolute Gasteiger partial charge is 0.0502 e. The fraction of sp³-hybridized carbons (Fsp3) is 0.538. The third-order valence-corrected chi connectivity index (χ3v) is 3.95. The van der Waals surface area contributed by atoms with Crippen molar-refractivity contribution >= 4 is 28.3 Å². The zero-order chi connectivity index (χ0) is 10.8. The van der Waals surface area contributed by atoms with Crippen molar-refractivity contribution in [2.45, 2.75) is 32.6 Å². The van der Waals surface area contributed by atoms with E-state index in [1.807, 2.05) is 0 Å². The molecule has 2 heteroatoms. The summed E-state index contributed by atoms with van der Waals surface area (Å²) in [4.78, 5) is 2.51. The monoisotopic (exact) mass is 315 g/mol. The van der Waals surface area contributed by atoms with Crippen LogP contribution in [0.2, 0.25) is 0 Å². The Morgan fingerprint density at radius 2 is 1.87 bits per heavy atom. The number of halogens is 1. The zero-order valence-electron chi connectivity index (χ0n) is 9.46. The van der Waals surface area contributed by atoms with Crippen molar-refractivity contribution in [3.8, 4) is 0 Å². The molecule has 0 N–H and O–H groups in total. The van der Waals surface area contributed by atoms with Crippen molar-refractivity contribution < 1.29 is 0 Å². The Kier molecular flexibility index (Phi) is 3.54. The third kappa shape index (κ3) is 2.47. The molecule has 1 nitrogen and oxygen atoms in total. The average Bonchev–Trinajstić information content (AvgIpc) is 2.70. The Labute approximate surface area is 106 Å². The molecule has 0 unspecified atom stereocenters. The van der Waals surface area contributed by atoms with Gasteiger partial charge in [0, 0.05) is 16.7 Å². The predicted molar refractivity (Wildman–Crippen MR) is 74.7 cm³/mol. The van der Waals surface area contributed by atoms with Crippen molar-refractivity contribution in [1.82, 2.24) is 0 Å². The number of benzene rings is 1. The first-order valence-electron chi connectivity index (χ1n) is 5.73. The Morgan fingerprint density at radius 1 is 1.20 bits per heavy atom. The Hall–Kier alpha value is -0.250. The normalized spacial score (nSPS) is 16.4. The van der Waals surface area contributed by atoms with E-state index in [4.69, 9.17) is 0 Å². The van der Waals surface area contributed by atoms with Gasteiger partial charge in [0.25, 0.3) is 0 Å². The molecule has 1 saturated heterocycles. The van der Waals surface area contributed by atoms with Crippen molar-refractivity contribution in [2.75, 3.05) is 18.0 Å². The molecule has 1 heterocycles. The van der Waals surface area contributed by atoms with E-state index >= 15 is 0 Å². The van der Waals surface area contributed by atoms with E-state index in [0.29, 0.717) is 5.92 Å². The predicted octanol–water partition coefficient (Wildman–Crippen LogP) is 4.01. The van der Waals surface area contributed by atoms with Crippen LogP contribution in [0.25, 0.3) is 0 Å². The molecular weight excluding hydrogens is 297 g/mol. The highest BCUT2D eigenvalue weighted by Gasteiger charge is 2.15. The van der Waals surface area contributed by atoms with Gasteiger partial charge in [-0.25, -0.2) is 0 Å². The molecule has 1 aliphatic heterocycles. The summed E-state index contributed by atoms with van der Waals surface area (Å²) in [5.74, 6) is 0.631. The minimum Gasteiger partial charge on any atom is -0.371 e. The van der Waals surface area contributed by atoms with Gasteiger partial charge in [-0.3, -0.25) is 0 Å².